The predicted octanol–water partition coefficient (Wildman–Crippen LogP) is 0.404. The Balaban J connectivity index is 3.18. The van der Waals surface area contributed by atoms with Gasteiger partial charge in [-0.1, -0.05) is 0 Å². The predicted molar refractivity (Wildman–Crippen MR) is 74.5 cm³/mol. The van der Waals surface area contributed by atoms with Crippen molar-refractivity contribution in [3.05, 3.63) is 23.8 Å². The zero-order valence-electron chi connectivity index (χ0n) is 10.1. The number of rotatable bonds is 4. The highest BCUT2D eigenvalue weighted by Crippen LogP contribution is 2.20. The summed E-state index contributed by atoms with van der Waals surface area (Å²) < 4.78 is 5.03. The van der Waals surface area contributed by atoms with Crippen LogP contribution in [0.2, 0.25) is 0 Å². The molecule has 0 fully saturated rings. The van der Waals surface area contributed by atoms with E-state index in [1.165, 1.54) is 14.0 Å². The highest BCUT2D eigenvalue weighted by molar-refractivity contribution is 7.80. The van der Waals surface area contributed by atoms with E-state index in [0.29, 0.717) is 17.0 Å². The zero-order valence-corrected chi connectivity index (χ0v) is 10.9. The lowest BCUT2D eigenvalue weighted by Crippen LogP contribution is -2.27. The fraction of sp³-hybridized carbons (Fsp3) is 0.182. The Bertz CT molecular complexity index is 514. The van der Waals surface area contributed by atoms with Crippen LogP contribution in [0.5, 0.6) is 5.75 Å². The minimum absolute atomic E-state index is 0.0270. The molecule has 0 unspecified atom stereocenters. The van der Waals surface area contributed by atoms with E-state index in [1.54, 1.807) is 18.2 Å². The molecule has 7 heteroatoms. The van der Waals surface area contributed by atoms with E-state index in [4.69, 9.17) is 16.2 Å². The number of ether oxygens (including phenoxy) is 1. The first kappa shape index (κ1) is 13.9. The maximum absolute atomic E-state index is 11.5. The molecule has 0 aromatic heterocycles. The molecular weight excluding hydrogens is 252 g/mol. The Hall–Kier alpha value is -2.15. The number of ketones is 1. The van der Waals surface area contributed by atoms with Crippen LogP contribution in [-0.4, -0.2) is 23.7 Å². The largest absolute Gasteiger partial charge is 0.497 e. The van der Waals surface area contributed by atoms with Gasteiger partial charge in [0.1, 0.15) is 11.5 Å². The Labute approximate surface area is 110 Å². The van der Waals surface area contributed by atoms with Crippen molar-refractivity contribution in [2.45, 2.75) is 6.92 Å². The van der Waals surface area contributed by atoms with Crippen molar-refractivity contribution in [3.63, 3.8) is 0 Å². The third-order valence-corrected chi connectivity index (χ3v) is 2.22. The second-order valence-electron chi connectivity index (χ2n) is 3.45. The van der Waals surface area contributed by atoms with Crippen LogP contribution in [0.15, 0.2) is 23.3 Å². The van der Waals surface area contributed by atoms with E-state index in [1.807, 2.05) is 0 Å². The standard InChI is InChI=1S/C11H14N4O2S/c1-6(16)10(14-15-11(13)18)8-4-3-7(17-2)5-9(8)12/h3-5H,12H2,1-2H3,(H3,13,15,18)/b14-10+. The molecule has 0 atom stereocenters. The van der Waals surface area contributed by atoms with Crippen molar-refractivity contribution < 1.29 is 9.53 Å². The molecule has 18 heavy (non-hydrogen) atoms. The smallest absolute Gasteiger partial charge is 0.184 e. The molecule has 0 saturated carbocycles. The lowest BCUT2D eigenvalue weighted by molar-refractivity contribution is -0.111. The van der Waals surface area contributed by atoms with Gasteiger partial charge in [0.25, 0.3) is 0 Å². The number of carbonyl (C=O) groups is 1. The molecule has 5 N–H and O–H groups in total. The van der Waals surface area contributed by atoms with Gasteiger partial charge in [-0.2, -0.15) is 5.10 Å². The van der Waals surface area contributed by atoms with Gasteiger partial charge < -0.3 is 16.2 Å². The van der Waals surface area contributed by atoms with Gasteiger partial charge in [-0.15, -0.1) is 0 Å². The van der Waals surface area contributed by atoms with E-state index in [9.17, 15) is 4.79 Å². The lowest BCUT2D eigenvalue weighted by Gasteiger charge is -2.08. The Morgan fingerprint density at radius 3 is 2.61 bits per heavy atom. The minimum atomic E-state index is -0.254. The molecule has 1 aromatic carbocycles. The Morgan fingerprint density at radius 2 is 2.17 bits per heavy atom. The topological polar surface area (TPSA) is 103 Å². The summed E-state index contributed by atoms with van der Waals surface area (Å²) in [4.78, 5) is 11.5. The van der Waals surface area contributed by atoms with E-state index >= 15 is 0 Å². The summed E-state index contributed by atoms with van der Waals surface area (Å²) in [5.41, 5.74) is 14.5. The summed E-state index contributed by atoms with van der Waals surface area (Å²) in [5, 5.41) is 3.81. The molecule has 0 aliphatic carbocycles. The molecule has 0 aliphatic heterocycles. The molecule has 1 aromatic rings. The molecule has 0 amide bonds. The summed E-state index contributed by atoms with van der Waals surface area (Å²) in [6, 6.07) is 4.94. The summed E-state index contributed by atoms with van der Waals surface area (Å²) >= 11 is 4.62. The van der Waals surface area contributed by atoms with Crippen LogP contribution in [0, 0.1) is 0 Å². The van der Waals surface area contributed by atoms with E-state index in [0.717, 1.165) is 0 Å². The number of nitrogens with zero attached hydrogens (tertiary/aromatic N) is 1. The number of benzene rings is 1. The molecule has 0 bridgehead atoms. The fourth-order valence-electron chi connectivity index (χ4n) is 1.32. The molecule has 6 nitrogen and oxygen atoms in total. The summed E-state index contributed by atoms with van der Waals surface area (Å²) in [6.45, 7) is 1.38. The van der Waals surface area contributed by atoms with Crippen LogP contribution >= 0.6 is 12.2 Å². The highest BCUT2D eigenvalue weighted by atomic mass is 32.1. The number of carbonyl (C=O) groups excluding carboxylic acids is 1. The maximum atomic E-state index is 11.5. The van der Waals surface area contributed by atoms with Crippen LogP contribution in [0.25, 0.3) is 0 Å². The number of hydrogen-bond donors (Lipinski definition) is 3. The number of Topliss-reactive ketones (excluding diaryl/α,β-unsaturated/α-hetero) is 1. The van der Waals surface area contributed by atoms with Crippen molar-refractivity contribution >= 4 is 34.5 Å². The van der Waals surface area contributed by atoms with Gasteiger partial charge >= 0.3 is 0 Å². The lowest BCUT2D eigenvalue weighted by atomic mass is 10.1. The molecule has 0 spiro atoms. The SMILES string of the molecule is COc1ccc(/C(=N/NC(N)=S)C(C)=O)c(N)c1. The highest BCUT2D eigenvalue weighted by Gasteiger charge is 2.13. The summed E-state index contributed by atoms with van der Waals surface area (Å²) in [7, 11) is 1.53. The fourth-order valence-corrected chi connectivity index (χ4v) is 1.37. The molecule has 1 rings (SSSR count). The number of methoxy groups -OCH3 is 1. The second kappa shape index (κ2) is 5.97. The average Bonchev–Trinajstić information content (AvgIpc) is 2.30. The molecule has 0 heterocycles. The first-order chi connectivity index (χ1) is 8.45. The van der Waals surface area contributed by atoms with E-state index in [-0.39, 0.29) is 16.6 Å². The zero-order chi connectivity index (χ0) is 13.7. The first-order valence-electron chi connectivity index (χ1n) is 5.03. The van der Waals surface area contributed by atoms with Crippen LogP contribution in [-0.2, 0) is 4.79 Å². The number of hydrogen-bond acceptors (Lipinski definition) is 5. The van der Waals surface area contributed by atoms with Gasteiger partial charge in [-0.05, 0) is 24.4 Å². The first-order valence-corrected chi connectivity index (χ1v) is 5.44. The average molecular weight is 266 g/mol. The van der Waals surface area contributed by atoms with Crippen LogP contribution in [0.1, 0.15) is 12.5 Å². The van der Waals surface area contributed by atoms with Gasteiger partial charge in [0, 0.05) is 24.2 Å². The molecule has 0 radical (unpaired) electrons. The number of anilines is 1. The number of nitrogen functional groups attached to an aromatic ring is 1. The van der Waals surface area contributed by atoms with E-state index in [2.05, 4.69) is 22.7 Å². The van der Waals surface area contributed by atoms with Gasteiger partial charge in [-0.25, -0.2) is 0 Å². The number of nitrogens with two attached hydrogens (primary N) is 2. The van der Waals surface area contributed by atoms with Crippen LogP contribution in [0.4, 0.5) is 5.69 Å². The third-order valence-electron chi connectivity index (χ3n) is 2.13. The monoisotopic (exact) mass is 266 g/mol. The van der Waals surface area contributed by atoms with Gasteiger partial charge in [0.15, 0.2) is 10.9 Å². The quantitative estimate of drug-likeness (QED) is 0.315. The number of hydrazone groups is 1. The Morgan fingerprint density at radius 1 is 1.50 bits per heavy atom. The Kier molecular flexibility index (Phi) is 4.61. The van der Waals surface area contributed by atoms with Gasteiger partial charge in [0.05, 0.1) is 7.11 Å². The minimum Gasteiger partial charge on any atom is -0.497 e. The molecule has 0 saturated heterocycles. The van der Waals surface area contributed by atoms with Crippen molar-refractivity contribution in [1.29, 1.82) is 0 Å². The molecular formula is C11H14N4O2S. The van der Waals surface area contributed by atoms with Crippen molar-refractivity contribution in [1.82, 2.24) is 5.43 Å². The van der Waals surface area contributed by atoms with Gasteiger partial charge in [-0.3, -0.25) is 10.2 Å². The van der Waals surface area contributed by atoms with Crippen LogP contribution in [0.3, 0.4) is 0 Å². The summed E-state index contributed by atoms with van der Waals surface area (Å²) in [6.07, 6.45) is 0. The van der Waals surface area contributed by atoms with E-state index < -0.39 is 0 Å². The summed E-state index contributed by atoms with van der Waals surface area (Å²) in [5.74, 6) is 0.345. The third kappa shape index (κ3) is 3.42. The molecule has 0 aliphatic rings. The van der Waals surface area contributed by atoms with Crippen molar-refractivity contribution in [3.8, 4) is 5.75 Å². The van der Waals surface area contributed by atoms with Crippen molar-refractivity contribution in [2.24, 2.45) is 10.8 Å². The molecule has 96 valence electrons. The van der Waals surface area contributed by atoms with Gasteiger partial charge in [0.2, 0.25) is 0 Å². The number of thiocarbonyl (C=S) groups is 1. The maximum Gasteiger partial charge on any atom is 0.184 e. The van der Waals surface area contributed by atoms with Crippen LogP contribution < -0.4 is 21.6 Å². The van der Waals surface area contributed by atoms with Crippen molar-refractivity contribution in [2.75, 3.05) is 12.8 Å². The number of nitrogens with one attached hydrogen (secondary N) is 1. The second-order valence-corrected chi connectivity index (χ2v) is 3.89. The normalized spacial score (nSPS) is 10.9.